The van der Waals surface area contributed by atoms with E-state index in [0.717, 1.165) is 36.4 Å². The predicted octanol–water partition coefficient (Wildman–Crippen LogP) is 3.34. The number of hydrogen-bond acceptors (Lipinski definition) is 4. The third-order valence-corrected chi connectivity index (χ3v) is 3.61. The Kier molecular flexibility index (Phi) is 5.08. The molecule has 6 heteroatoms. The fourth-order valence-corrected chi connectivity index (χ4v) is 2.69. The molecule has 1 saturated heterocycles. The SMILES string of the molecule is CC(C)(C)OC(=O)NC1CCCN(c2cccc(Br)n2)C1. The van der Waals surface area contributed by atoms with Gasteiger partial charge in [-0.1, -0.05) is 6.07 Å². The molecule has 2 rings (SSSR count). The van der Waals surface area contributed by atoms with Crippen molar-refractivity contribution >= 4 is 27.8 Å². The van der Waals surface area contributed by atoms with Gasteiger partial charge in [0.1, 0.15) is 16.0 Å². The molecule has 0 bridgehead atoms. The quantitative estimate of drug-likeness (QED) is 0.826. The van der Waals surface area contributed by atoms with E-state index in [1.165, 1.54) is 0 Å². The second kappa shape index (κ2) is 6.64. The molecular weight excluding hydrogens is 334 g/mol. The Morgan fingerprint density at radius 2 is 2.24 bits per heavy atom. The Bertz CT molecular complexity index is 502. The fourth-order valence-electron chi connectivity index (χ4n) is 2.35. The standard InChI is InChI=1S/C15H22BrN3O2/c1-15(2,3)21-14(20)17-11-6-5-9-19(10-11)13-8-4-7-12(16)18-13/h4,7-8,11H,5-6,9-10H2,1-3H3,(H,17,20). The number of amides is 1. The maximum absolute atomic E-state index is 11.8. The van der Waals surface area contributed by atoms with Crippen molar-refractivity contribution in [3.05, 3.63) is 22.8 Å². The topological polar surface area (TPSA) is 54.5 Å². The molecule has 21 heavy (non-hydrogen) atoms. The van der Waals surface area contributed by atoms with Crippen LogP contribution in [-0.4, -0.2) is 35.8 Å². The van der Waals surface area contributed by atoms with Gasteiger partial charge in [-0.2, -0.15) is 0 Å². The van der Waals surface area contributed by atoms with Gasteiger partial charge in [-0.15, -0.1) is 0 Å². The van der Waals surface area contributed by atoms with E-state index in [1.807, 2.05) is 39.0 Å². The van der Waals surface area contributed by atoms with E-state index in [1.54, 1.807) is 0 Å². The Morgan fingerprint density at radius 1 is 1.48 bits per heavy atom. The van der Waals surface area contributed by atoms with Crippen LogP contribution in [0.1, 0.15) is 33.6 Å². The summed E-state index contributed by atoms with van der Waals surface area (Å²) in [5.41, 5.74) is -0.468. The molecular formula is C15H22BrN3O2. The van der Waals surface area contributed by atoms with Gasteiger partial charge in [0.25, 0.3) is 0 Å². The van der Waals surface area contributed by atoms with Crippen LogP contribution >= 0.6 is 15.9 Å². The first kappa shape index (κ1) is 16.1. The fraction of sp³-hybridized carbons (Fsp3) is 0.600. The van der Waals surface area contributed by atoms with Crippen LogP contribution in [0.4, 0.5) is 10.6 Å². The number of alkyl carbamates (subject to hydrolysis) is 1. The smallest absolute Gasteiger partial charge is 0.407 e. The predicted molar refractivity (Wildman–Crippen MR) is 86.5 cm³/mol. The van der Waals surface area contributed by atoms with E-state index in [0.29, 0.717) is 0 Å². The maximum atomic E-state index is 11.8. The Labute approximate surface area is 134 Å². The summed E-state index contributed by atoms with van der Waals surface area (Å²) >= 11 is 3.39. The number of anilines is 1. The molecule has 1 unspecified atom stereocenters. The van der Waals surface area contributed by atoms with E-state index in [2.05, 4.69) is 31.1 Å². The summed E-state index contributed by atoms with van der Waals surface area (Å²) in [6.45, 7) is 7.31. The van der Waals surface area contributed by atoms with Gasteiger partial charge in [0.15, 0.2) is 0 Å². The van der Waals surface area contributed by atoms with Gasteiger partial charge < -0.3 is 15.0 Å². The lowest BCUT2D eigenvalue weighted by Gasteiger charge is -2.34. The van der Waals surface area contributed by atoms with Crippen molar-refractivity contribution in [2.45, 2.75) is 45.3 Å². The number of pyridine rings is 1. The first-order valence-electron chi connectivity index (χ1n) is 7.20. The third kappa shape index (κ3) is 5.19. The highest BCUT2D eigenvalue weighted by Gasteiger charge is 2.24. The minimum Gasteiger partial charge on any atom is -0.444 e. The van der Waals surface area contributed by atoms with Crippen LogP contribution in [0.3, 0.4) is 0 Å². The molecule has 0 aliphatic carbocycles. The van der Waals surface area contributed by atoms with Crippen molar-refractivity contribution in [2.75, 3.05) is 18.0 Å². The molecule has 1 amide bonds. The van der Waals surface area contributed by atoms with Crippen LogP contribution in [0, 0.1) is 0 Å². The number of piperidine rings is 1. The zero-order valence-electron chi connectivity index (χ0n) is 12.7. The summed E-state index contributed by atoms with van der Waals surface area (Å²) in [6, 6.07) is 5.95. The number of aromatic nitrogens is 1. The number of nitrogens with zero attached hydrogens (tertiary/aromatic N) is 2. The normalized spacial score (nSPS) is 19.2. The molecule has 0 aromatic carbocycles. The summed E-state index contributed by atoms with van der Waals surface area (Å²) in [7, 11) is 0. The lowest BCUT2D eigenvalue weighted by atomic mass is 10.1. The minimum atomic E-state index is -0.468. The Balaban J connectivity index is 1.93. The average Bonchev–Trinajstić information content (AvgIpc) is 2.36. The van der Waals surface area contributed by atoms with E-state index in [-0.39, 0.29) is 12.1 Å². The molecule has 1 aliphatic heterocycles. The maximum Gasteiger partial charge on any atom is 0.407 e. The molecule has 1 atom stereocenters. The van der Waals surface area contributed by atoms with Crippen LogP contribution in [0.25, 0.3) is 0 Å². The number of carbonyl (C=O) groups excluding carboxylic acids is 1. The molecule has 1 fully saturated rings. The van der Waals surface area contributed by atoms with Gasteiger partial charge in [0.2, 0.25) is 0 Å². The first-order chi connectivity index (χ1) is 9.83. The largest absolute Gasteiger partial charge is 0.444 e. The minimum absolute atomic E-state index is 0.0920. The van der Waals surface area contributed by atoms with Crippen molar-refractivity contribution in [3.63, 3.8) is 0 Å². The summed E-state index contributed by atoms with van der Waals surface area (Å²) in [4.78, 5) is 18.5. The van der Waals surface area contributed by atoms with E-state index in [9.17, 15) is 4.79 Å². The van der Waals surface area contributed by atoms with Crippen LogP contribution in [0.5, 0.6) is 0 Å². The van der Waals surface area contributed by atoms with Gasteiger partial charge in [0.05, 0.1) is 0 Å². The molecule has 1 aromatic heterocycles. The molecule has 1 N–H and O–H groups in total. The van der Waals surface area contributed by atoms with Crippen LogP contribution in [0.15, 0.2) is 22.8 Å². The number of halogens is 1. The van der Waals surface area contributed by atoms with Crippen molar-refractivity contribution in [3.8, 4) is 0 Å². The van der Waals surface area contributed by atoms with Crippen molar-refractivity contribution < 1.29 is 9.53 Å². The molecule has 1 aromatic rings. The molecule has 5 nitrogen and oxygen atoms in total. The number of hydrogen-bond donors (Lipinski definition) is 1. The Hall–Kier alpha value is -1.30. The van der Waals surface area contributed by atoms with Crippen LogP contribution < -0.4 is 10.2 Å². The summed E-state index contributed by atoms with van der Waals surface area (Å²) < 4.78 is 6.13. The van der Waals surface area contributed by atoms with Gasteiger partial charge >= 0.3 is 6.09 Å². The molecule has 0 spiro atoms. The molecule has 0 radical (unpaired) electrons. The zero-order chi connectivity index (χ0) is 15.5. The van der Waals surface area contributed by atoms with Crippen LogP contribution in [-0.2, 0) is 4.74 Å². The molecule has 1 aliphatic rings. The van der Waals surface area contributed by atoms with E-state index >= 15 is 0 Å². The van der Waals surface area contributed by atoms with Gasteiger partial charge in [-0.3, -0.25) is 0 Å². The van der Waals surface area contributed by atoms with E-state index in [4.69, 9.17) is 4.74 Å². The first-order valence-corrected chi connectivity index (χ1v) is 8.00. The van der Waals surface area contributed by atoms with Crippen molar-refractivity contribution in [1.29, 1.82) is 0 Å². The zero-order valence-corrected chi connectivity index (χ0v) is 14.3. The number of rotatable bonds is 2. The number of carbonyl (C=O) groups is 1. The highest BCUT2D eigenvalue weighted by Crippen LogP contribution is 2.20. The highest BCUT2D eigenvalue weighted by atomic mass is 79.9. The van der Waals surface area contributed by atoms with Gasteiger partial charge in [-0.05, 0) is 61.7 Å². The molecule has 116 valence electrons. The summed E-state index contributed by atoms with van der Waals surface area (Å²) in [5, 5.41) is 2.95. The van der Waals surface area contributed by atoms with Gasteiger partial charge in [-0.25, -0.2) is 9.78 Å². The second-order valence-electron chi connectivity index (χ2n) is 6.25. The molecule has 2 heterocycles. The second-order valence-corrected chi connectivity index (χ2v) is 7.06. The summed E-state index contributed by atoms with van der Waals surface area (Å²) in [6.07, 6.45) is 1.63. The third-order valence-electron chi connectivity index (χ3n) is 3.17. The lowest BCUT2D eigenvalue weighted by Crippen LogP contribution is -2.49. The van der Waals surface area contributed by atoms with Gasteiger partial charge in [0, 0.05) is 19.1 Å². The van der Waals surface area contributed by atoms with E-state index < -0.39 is 5.60 Å². The Morgan fingerprint density at radius 3 is 2.90 bits per heavy atom. The van der Waals surface area contributed by atoms with Crippen molar-refractivity contribution in [1.82, 2.24) is 10.3 Å². The van der Waals surface area contributed by atoms with Crippen molar-refractivity contribution in [2.24, 2.45) is 0 Å². The number of ether oxygens (including phenoxy) is 1. The van der Waals surface area contributed by atoms with Crippen LogP contribution in [0.2, 0.25) is 0 Å². The summed E-state index contributed by atoms with van der Waals surface area (Å²) in [5.74, 6) is 0.931. The monoisotopic (exact) mass is 355 g/mol. The highest BCUT2D eigenvalue weighted by molar-refractivity contribution is 9.10. The molecule has 0 saturated carbocycles. The average molecular weight is 356 g/mol. The number of nitrogens with one attached hydrogen (secondary N) is 1. The lowest BCUT2D eigenvalue weighted by molar-refractivity contribution is 0.0500.